The van der Waals surface area contributed by atoms with Crippen molar-refractivity contribution in [3.05, 3.63) is 59.4 Å². The molecule has 0 aliphatic heterocycles. The van der Waals surface area contributed by atoms with Gasteiger partial charge in [-0.3, -0.25) is 4.79 Å². The fraction of sp³-hybridized carbons (Fsp3) is 0.286. The lowest BCUT2D eigenvalue weighted by molar-refractivity contribution is 0.0743. The van der Waals surface area contributed by atoms with Crippen molar-refractivity contribution in [2.24, 2.45) is 0 Å². The summed E-state index contributed by atoms with van der Waals surface area (Å²) in [7, 11) is 3.34. The summed E-state index contributed by atoms with van der Waals surface area (Å²) in [5, 5.41) is 0.979. The molecular formula is C21H23NO4. The van der Waals surface area contributed by atoms with E-state index in [0.29, 0.717) is 30.4 Å². The summed E-state index contributed by atoms with van der Waals surface area (Å²) in [6.45, 7) is 4.69. The Balaban J connectivity index is 1.68. The Morgan fingerprint density at radius 2 is 1.81 bits per heavy atom. The molecule has 0 bridgehead atoms. The lowest BCUT2D eigenvalue weighted by Gasteiger charge is -2.17. The highest BCUT2D eigenvalue weighted by Gasteiger charge is 2.21. The number of amides is 1. The molecular weight excluding hydrogens is 330 g/mol. The van der Waals surface area contributed by atoms with Crippen LogP contribution < -0.4 is 9.47 Å². The third-order valence-corrected chi connectivity index (χ3v) is 4.45. The van der Waals surface area contributed by atoms with Gasteiger partial charge in [0.2, 0.25) is 0 Å². The lowest BCUT2D eigenvalue weighted by atomic mass is 10.1. The molecule has 0 aliphatic carbocycles. The molecule has 0 radical (unpaired) electrons. The van der Waals surface area contributed by atoms with E-state index in [4.69, 9.17) is 13.9 Å². The first-order valence-electron chi connectivity index (χ1n) is 8.53. The van der Waals surface area contributed by atoms with Gasteiger partial charge in [-0.2, -0.15) is 0 Å². The molecule has 0 spiro atoms. The third-order valence-electron chi connectivity index (χ3n) is 4.45. The Kier molecular flexibility index (Phi) is 5.16. The van der Waals surface area contributed by atoms with Gasteiger partial charge in [0, 0.05) is 18.0 Å². The number of fused-ring (bicyclic) bond motifs is 1. The Bertz CT molecular complexity index is 929. The topological polar surface area (TPSA) is 51.9 Å². The summed E-state index contributed by atoms with van der Waals surface area (Å²) in [6.07, 6.45) is 0. The number of para-hydroxylation sites is 3. The molecule has 0 unspecified atom stereocenters. The van der Waals surface area contributed by atoms with Gasteiger partial charge >= 0.3 is 0 Å². The van der Waals surface area contributed by atoms with Gasteiger partial charge in [-0.25, -0.2) is 0 Å². The smallest absolute Gasteiger partial charge is 0.289 e. The fourth-order valence-electron chi connectivity index (χ4n) is 2.89. The number of benzene rings is 2. The molecule has 1 amide bonds. The van der Waals surface area contributed by atoms with Gasteiger partial charge in [-0.1, -0.05) is 30.3 Å². The van der Waals surface area contributed by atoms with Crippen molar-refractivity contribution in [2.45, 2.75) is 13.8 Å². The normalized spacial score (nSPS) is 10.8. The highest BCUT2D eigenvalue weighted by atomic mass is 16.5. The van der Waals surface area contributed by atoms with Crippen molar-refractivity contribution >= 4 is 16.9 Å². The average Bonchev–Trinajstić information content (AvgIpc) is 2.99. The van der Waals surface area contributed by atoms with Gasteiger partial charge in [0.15, 0.2) is 17.3 Å². The third kappa shape index (κ3) is 3.38. The van der Waals surface area contributed by atoms with Crippen LogP contribution in [0.4, 0.5) is 0 Å². The van der Waals surface area contributed by atoms with Crippen LogP contribution in [0.25, 0.3) is 11.0 Å². The molecule has 0 aliphatic rings. The van der Waals surface area contributed by atoms with Crippen LogP contribution in [0.2, 0.25) is 0 Å². The van der Waals surface area contributed by atoms with E-state index in [1.165, 1.54) is 0 Å². The van der Waals surface area contributed by atoms with Crippen molar-refractivity contribution in [3.8, 4) is 11.5 Å². The minimum Gasteiger partial charge on any atom is -0.493 e. The van der Waals surface area contributed by atoms with Crippen LogP contribution >= 0.6 is 0 Å². The van der Waals surface area contributed by atoms with Gasteiger partial charge < -0.3 is 18.8 Å². The zero-order valence-corrected chi connectivity index (χ0v) is 15.5. The molecule has 2 aromatic carbocycles. The van der Waals surface area contributed by atoms with Crippen molar-refractivity contribution in [1.82, 2.24) is 4.90 Å². The molecule has 5 nitrogen and oxygen atoms in total. The minimum atomic E-state index is -0.151. The van der Waals surface area contributed by atoms with Crippen LogP contribution in [-0.2, 0) is 0 Å². The maximum atomic E-state index is 12.8. The van der Waals surface area contributed by atoms with E-state index in [1.54, 1.807) is 19.1 Å². The second-order valence-corrected chi connectivity index (χ2v) is 6.23. The van der Waals surface area contributed by atoms with Crippen LogP contribution in [0.3, 0.4) is 0 Å². The molecule has 0 N–H and O–H groups in total. The van der Waals surface area contributed by atoms with Crippen molar-refractivity contribution in [1.29, 1.82) is 0 Å². The fourth-order valence-corrected chi connectivity index (χ4v) is 2.89. The summed E-state index contributed by atoms with van der Waals surface area (Å²) in [5.74, 6) is 1.56. The number of ether oxygens (including phenoxy) is 2. The SMILES string of the molecule is COc1ccccc1OCCN(C)C(=O)c1oc2c(C)cccc2c1C. The summed E-state index contributed by atoms with van der Waals surface area (Å²) < 4.78 is 16.9. The largest absolute Gasteiger partial charge is 0.493 e. The Morgan fingerprint density at radius 3 is 2.50 bits per heavy atom. The summed E-state index contributed by atoms with van der Waals surface area (Å²) in [6, 6.07) is 13.4. The standard InChI is InChI=1S/C21H23NO4/c1-14-8-7-9-16-15(2)20(26-19(14)16)21(23)22(3)12-13-25-18-11-6-5-10-17(18)24-4/h5-11H,12-13H2,1-4H3. The predicted molar refractivity (Wildman–Crippen MR) is 101 cm³/mol. The first-order valence-corrected chi connectivity index (χ1v) is 8.53. The van der Waals surface area contributed by atoms with Crippen molar-refractivity contribution < 1.29 is 18.7 Å². The van der Waals surface area contributed by atoms with Crippen LogP contribution in [0.15, 0.2) is 46.9 Å². The molecule has 3 aromatic rings. The lowest BCUT2D eigenvalue weighted by Crippen LogP contribution is -2.31. The molecule has 1 heterocycles. The number of aryl methyl sites for hydroxylation is 2. The number of rotatable bonds is 6. The van der Waals surface area contributed by atoms with Crippen LogP contribution in [-0.4, -0.2) is 38.1 Å². The van der Waals surface area contributed by atoms with Crippen LogP contribution in [0, 0.1) is 13.8 Å². The quantitative estimate of drug-likeness (QED) is 0.666. The summed E-state index contributed by atoms with van der Waals surface area (Å²) >= 11 is 0. The molecule has 0 atom stereocenters. The predicted octanol–water partition coefficient (Wildman–Crippen LogP) is 4.21. The van der Waals surface area contributed by atoms with Gasteiger partial charge in [-0.05, 0) is 31.5 Å². The van der Waals surface area contributed by atoms with E-state index in [2.05, 4.69) is 0 Å². The molecule has 1 aromatic heterocycles. The van der Waals surface area contributed by atoms with Crippen molar-refractivity contribution in [3.63, 3.8) is 0 Å². The molecule has 0 saturated carbocycles. The number of carbonyl (C=O) groups is 1. The number of methoxy groups -OCH3 is 1. The van der Waals surface area contributed by atoms with E-state index in [1.807, 2.05) is 56.3 Å². The molecule has 5 heteroatoms. The van der Waals surface area contributed by atoms with E-state index < -0.39 is 0 Å². The first-order chi connectivity index (χ1) is 12.5. The molecule has 136 valence electrons. The van der Waals surface area contributed by atoms with E-state index in [0.717, 1.165) is 22.1 Å². The number of likely N-dealkylation sites (N-methyl/N-ethyl adjacent to an activating group) is 1. The van der Waals surface area contributed by atoms with Gasteiger partial charge in [-0.15, -0.1) is 0 Å². The van der Waals surface area contributed by atoms with Crippen molar-refractivity contribution in [2.75, 3.05) is 27.3 Å². The number of furan rings is 1. The second kappa shape index (κ2) is 7.52. The minimum absolute atomic E-state index is 0.151. The van der Waals surface area contributed by atoms with Gasteiger partial charge in [0.25, 0.3) is 5.91 Å². The van der Waals surface area contributed by atoms with Gasteiger partial charge in [0.1, 0.15) is 12.2 Å². The Hall–Kier alpha value is -2.95. The Morgan fingerprint density at radius 1 is 1.08 bits per heavy atom. The molecule has 26 heavy (non-hydrogen) atoms. The van der Waals surface area contributed by atoms with E-state index >= 15 is 0 Å². The summed E-state index contributed by atoms with van der Waals surface area (Å²) in [4.78, 5) is 14.4. The zero-order chi connectivity index (χ0) is 18.7. The van der Waals surface area contributed by atoms with Gasteiger partial charge in [0.05, 0.1) is 13.7 Å². The monoisotopic (exact) mass is 353 g/mol. The number of hydrogen-bond acceptors (Lipinski definition) is 4. The van der Waals surface area contributed by atoms with E-state index in [9.17, 15) is 4.79 Å². The zero-order valence-electron chi connectivity index (χ0n) is 15.5. The van der Waals surface area contributed by atoms with Crippen LogP contribution in [0.1, 0.15) is 21.7 Å². The first kappa shape index (κ1) is 17.9. The maximum absolute atomic E-state index is 12.8. The maximum Gasteiger partial charge on any atom is 0.289 e. The number of hydrogen-bond donors (Lipinski definition) is 0. The highest BCUT2D eigenvalue weighted by molar-refractivity contribution is 5.99. The van der Waals surface area contributed by atoms with E-state index in [-0.39, 0.29) is 5.91 Å². The number of nitrogens with zero attached hydrogens (tertiary/aromatic N) is 1. The molecule has 3 rings (SSSR count). The molecule has 0 saturated heterocycles. The highest BCUT2D eigenvalue weighted by Crippen LogP contribution is 2.28. The molecule has 0 fully saturated rings. The summed E-state index contributed by atoms with van der Waals surface area (Å²) in [5.41, 5.74) is 2.66. The second-order valence-electron chi connectivity index (χ2n) is 6.23. The number of carbonyl (C=O) groups excluding carboxylic acids is 1. The Labute approximate surface area is 153 Å². The van der Waals surface area contributed by atoms with Crippen LogP contribution in [0.5, 0.6) is 11.5 Å². The average molecular weight is 353 g/mol.